The maximum absolute atomic E-state index is 13.6. The molecule has 0 radical (unpaired) electrons. The number of rotatable bonds is 14. The predicted octanol–water partition coefficient (Wildman–Crippen LogP) is 5.88. The smallest absolute Gasteiger partial charge is 0.312 e. The molecule has 4 aromatic rings. The van der Waals surface area contributed by atoms with Crippen LogP contribution in [0.2, 0.25) is 10.0 Å². The molecule has 11 nitrogen and oxygen atoms in total. The second-order valence-corrected chi connectivity index (χ2v) is 11.4. The van der Waals surface area contributed by atoms with Gasteiger partial charge in [0.15, 0.2) is 5.75 Å². The minimum absolute atomic E-state index is 0. The molecule has 4 rings (SSSR count). The van der Waals surface area contributed by atoms with Gasteiger partial charge in [0.25, 0.3) is 5.91 Å². The molecule has 0 saturated heterocycles. The number of likely N-dealkylation sites (N-methyl/N-ethyl adjacent to an activating group) is 1. The van der Waals surface area contributed by atoms with E-state index in [0.29, 0.717) is 86.6 Å². The van der Waals surface area contributed by atoms with Crippen molar-refractivity contribution in [3.63, 3.8) is 0 Å². The number of aromatic nitrogens is 1. The standard InChI is InChI=1S/C34H37Cl2N5O6.ClH/c1-21-32(47-20-25-26(35)11-7-12-27(25)36)31(40(2)29(42)19-38-34(37)44)30-24(10-6-13-28(30)39-21)22-8-5-9-23(18-22)33(43)41(14-16-45-3)15-17-46-4;/h5-13,18H,14-17,19-20H2,1-4H3,(H3,37,38,44);1H. The minimum atomic E-state index is -0.834. The Hall–Kier alpha value is -4.13. The fourth-order valence-corrected chi connectivity index (χ4v) is 5.58. The van der Waals surface area contributed by atoms with E-state index in [1.165, 1.54) is 4.90 Å². The number of nitrogens with two attached hydrogens (primary N) is 1. The van der Waals surface area contributed by atoms with Crippen LogP contribution in [0.25, 0.3) is 22.0 Å². The van der Waals surface area contributed by atoms with Crippen LogP contribution in [0.1, 0.15) is 21.6 Å². The summed E-state index contributed by atoms with van der Waals surface area (Å²) in [5.74, 6) is -0.323. The summed E-state index contributed by atoms with van der Waals surface area (Å²) in [6.07, 6.45) is 0. The first-order valence-corrected chi connectivity index (χ1v) is 15.5. The number of fused-ring (bicyclic) bond motifs is 1. The maximum Gasteiger partial charge on any atom is 0.312 e. The van der Waals surface area contributed by atoms with Crippen molar-refractivity contribution in [1.29, 1.82) is 0 Å². The van der Waals surface area contributed by atoms with Crippen LogP contribution >= 0.6 is 35.6 Å². The number of hydrogen-bond acceptors (Lipinski definition) is 7. The van der Waals surface area contributed by atoms with Crippen LogP contribution in [-0.2, 0) is 20.9 Å². The number of benzene rings is 3. The first kappa shape index (κ1) is 38.3. The van der Waals surface area contributed by atoms with E-state index in [4.69, 9.17) is 48.1 Å². The highest BCUT2D eigenvalue weighted by Gasteiger charge is 2.25. The van der Waals surface area contributed by atoms with Gasteiger partial charge in [-0.05, 0) is 48.4 Å². The lowest BCUT2D eigenvalue weighted by Gasteiger charge is -2.26. The van der Waals surface area contributed by atoms with Crippen LogP contribution in [0, 0.1) is 6.92 Å². The van der Waals surface area contributed by atoms with Crippen LogP contribution in [0.4, 0.5) is 10.5 Å². The molecule has 1 aromatic heterocycles. The van der Waals surface area contributed by atoms with Gasteiger partial charge in [-0.1, -0.05) is 53.5 Å². The average Bonchev–Trinajstić information content (AvgIpc) is 3.06. The van der Waals surface area contributed by atoms with Crippen molar-refractivity contribution < 1.29 is 28.6 Å². The third-order valence-corrected chi connectivity index (χ3v) is 8.20. The average molecular weight is 719 g/mol. The van der Waals surface area contributed by atoms with E-state index in [1.54, 1.807) is 69.5 Å². The number of pyridine rings is 1. The van der Waals surface area contributed by atoms with E-state index in [-0.39, 0.29) is 31.5 Å². The molecule has 1 heterocycles. The molecular weight excluding hydrogens is 681 g/mol. The van der Waals surface area contributed by atoms with Gasteiger partial charge in [0.1, 0.15) is 6.61 Å². The summed E-state index contributed by atoms with van der Waals surface area (Å²) in [6, 6.07) is 17.1. The number of carbonyl (C=O) groups is 3. The Balaban J connectivity index is 0.00000625. The fraction of sp³-hybridized carbons (Fsp3) is 0.294. The lowest BCUT2D eigenvalue weighted by atomic mass is 9.96. The monoisotopic (exact) mass is 717 g/mol. The number of ether oxygens (including phenoxy) is 3. The number of carbonyl (C=O) groups excluding carboxylic acids is 3. The van der Waals surface area contributed by atoms with Gasteiger partial charge in [-0.15, -0.1) is 12.4 Å². The second kappa shape index (κ2) is 17.9. The molecule has 256 valence electrons. The molecule has 0 unspecified atom stereocenters. The van der Waals surface area contributed by atoms with Crippen LogP contribution in [0.5, 0.6) is 5.75 Å². The molecule has 0 aliphatic heterocycles. The van der Waals surface area contributed by atoms with Gasteiger partial charge in [-0.2, -0.15) is 0 Å². The van der Waals surface area contributed by atoms with E-state index >= 15 is 0 Å². The Morgan fingerprint density at radius 1 is 0.938 bits per heavy atom. The third-order valence-electron chi connectivity index (χ3n) is 7.50. The molecule has 0 saturated carbocycles. The van der Waals surface area contributed by atoms with E-state index in [0.717, 1.165) is 0 Å². The summed E-state index contributed by atoms with van der Waals surface area (Å²) in [5.41, 5.74) is 9.19. The first-order chi connectivity index (χ1) is 22.6. The molecule has 0 spiro atoms. The zero-order valence-electron chi connectivity index (χ0n) is 27.0. The third kappa shape index (κ3) is 9.06. The number of nitrogens with one attached hydrogen (secondary N) is 1. The zero-order chi connectivity index (χ0) is 34.1. The summed E-state index contributed by atoms with van der Waals surface area (Å²) < 4.78 is 16.8. The predicted molar refractivity (Wildman–Crippen MR) is 191 cm³/mol. The molecule has 0 aliphatic carbocycles. The lowest BCUT2D eigenvalue weighted by Crippen LogP contribution is -2.40. The summed E-state index contributed by atoms with van der Waals surface area (Å²) in [5, 5.41) is 3.79. The van der Waals surface area contributed by atoms with Crippen molar-refractivity contribution in [3.05, 3.63) is 87.5 Å². The van der Waals surface area contributed by atoms with Crippen molar-refractivity contribution in [2.75, 3.05) is 59.0 Å². The van der Waals surface area contributed by atoms with Crippen molar-refractivity contribution in [2.24, 2.45) is 5.73 Å². The number of primary amides is 1. The van der Waals surface area contributed by atoms with E-state index in [2.05, 4.69) is 5.32 Å². The van der Waals surface area contributed by atoms with Gasteiger partial charge >= 0.3 is 6.03 Å². The van der Waals surface area contributed by atoms with Crippen LogP contribution < -0.4 is 20.7 Å². The number of aryl methyl sites for hydroxylation is 1. The quantitative estimate of drug-likeness (QED) is 0.166. The molecule has 3 N–H and O–H groups in total. The highest BCUT2D eigenvalue weighted by atomic mass is 35.5. The molecule has 0 fully saturated rings. The summed E-state index contributed by atoms with van der Waals surface area (Å²) >= 11 is 12.9. The SMILES string of the molecule is COCCN(CCOC)C(=O)c1cccc(-c2cccc3nc(C)c(OCc4c(Cl)cccc4Cl)c(N(C)C(=O)CNC(N)=O)c23)c1.Cl. The van der Waals surface area contributed by atoms with Crippen molar-refractivity contribution in [3.8, 4) is 16.9 Å². The van der Waals surface area contributed by atoms with E-state index in [9.17, 15) is 14.4 Å². The van der Waals surface area contributed by atoms with Crippen LogP contribution in [-0.4, -0.2) is 81.8 Å². The Labute approximate surface area is 295 Å². The van der Waals surface area contributed by atoms with E-state index < -0.39 is 11.9 Å². The number of urea groups is 1. The molecule has 0 bridgehead atoms. The molecule has 3 aromatic carbocycles. The summed E-state index contributed by atoms with van der Waals surface area (Å²) in [7, 11) is 4.75. The minimum Gasteiger partial charge on any atom is -0.485 e. The van der Waals surface area contributed by atoms with E-state index in [1.807, 2.05) is 24.3 Å². The molecule has 48 heavy (non-hydrogen) atoms. The van der Waals surface area contributed by atoms with Gasteiger partial charge in [0, 0.05) is 60.9 Å². The van der Waals surface area contributed by atoms with Gasteiger partial charge in [0.2, 0.25) is 5.91 Å². The maximum atomic E-state index is 13.6. The van der Waals surface area contributed by atoms with Crippen LogP contribution in [0.3, 0.4) is 0 Å². The van der Waals surface area contributed by atoms with Crippen molar-refractivity contribution in [2.45, 2.75) is 13.5 Å². The summed E-state index contributed by atoms with van der Waals surface area (Å²) in [6.45, 7) is 2.95. The Bertz CT molecular complexity index is 1750. The van der Waals surface area contributed by atoms with Gasteiger partial charge < -0.3 is 35.1 Å². The normalized spacial score (nSPS) is 10.7. The van der Waals surface area contributed by atoms with Gasteiger partial charge in [-0.25, -0.2) is 9.78 Å². The van der Waals surface area contributed by atoms with Crippen LogP contribution in [0.15, 0.2) is 60.7 Å². The first-order valence-electron chi connectivity index (χ1n) is 14.7. The summed E-state index contributed by atoms with van der Waals surface area (Å²) in [4.78, 5) is 46.4. The number of methoxy groups -OCH3 is 2. The topological polar surface area (TPSA) is 136 Å². The number of amides is 4. The zero-order valence-corrected chi connectivity index (χ0v) is 29.4. The number of nitrogens with zero attached hydrogens (tertiary/aromatic N) is 3. The number of anilines is 1. The molecular formula is C34H38Cl3N5O6. The second-order valence-electron chi connectivity index (χ2n) is 10.6. The highest BCUT2D eigenvalue weighted by Crippen LogP contribution is 2.43. The number of hydrogen-bond donors (Lipinski definition) is 2. The van der Waals surface area contributed by atoms with Gasteiger partial charge in [-0.3, -0.25) is 9.59 Å². The molecule has 4 amide bonds. The highest BCUT2D eigenvalue weighted by molar-refractivity contribution is 6.36. The largest absolute Gasteiger partial charge is 0.485 e. The Morgan fingerprint density at radius 3 is 2.19 bits per heavy atom. The Morgan fingerprint density at radius 2 is 1.56 bits per heavy atom. The lowest BCUT2D eigenvalue weighted by molar-refractivity contribution is -0.117. The van der Waals surface area contributed by atoms with Gasteiger partial charge in [0.05, 0.1) is 36.7 Å². The molecule has 0 aliphatic rings. The molecule has 14 heteroatoms. The fourth-order valence-electron chi connectivity index (χ4n) is 5.07. The number of halogens is 3. The van der Waals surface area contributed by atoms with Crippen molar-refractivity contribution in [1.82, 2.24) is 15.2 Å². The van der Waals surface area contributed by atoms with Crippen molar-refractivity contribution >= 4 is 70.0 Å². The molecule has 0 atom stereocenters. The Kier molecular flexibility index (Phi) is 14.3.